The minimum absolute atomic E-state index is 0.272. The lowest BCUT2D eigenvalue weighted by atomic mass is 9.97. The van der Waals surface area contributed by atoms with E-state index in [2.05, 4.69) is 4.74 Å². The highest BCUT2D eigenvalue weighted by atomic mass is 35.5. The third-order valence-corrected chi connectivity index (χ3v) is 2.98. The van der Waals surface area contributed by atoms with Gasteiger partial charge >= 0.3 is 12.6 Å². The van der Waals surface area contributed by atoms with Gasteiger partial charge in [-0.1, -0.05) is 12.1 Å². The number of carbonyl (C=O) groups is 2. The third-order valence-electron chi connectivity index (χ3n) is 2.45. The van der Waals surface area contributed by atoms with E-state index in [1.807, 2.05) is 0 Å². The Morgan fingerprint density at radius 3 is 2.40 bits per heavy atom. The lowest BCUT2D eigenvalue weighted by Crippen LogP contribution is -2.17. The van der Waals surface area contributed by atoms with Crippen LogP contribution in [-0.4, -0.2) is 28.6 Å². The number of aliphatic hydroxyl groups excluding tert-OH is 1. The van der Waals surface area contributed by atoms with Crippen molar-refractivity contribution < 1.29 is 33.3 Å². The SMILES string of the molecule is CC(=O)C(Cl)c1c(OC(F)F)cccc1C(O)C(=O)O. The molecule has 2 atom stereocenters. The molecule has 0 saturated heterocycles. The average Bonchev–Trinajstić information content (AvgIpc) is 2.35. The van der Waals surface area contributed by atoms with Gasteiger partial charge in [-0.2, -0.15) is 8.78 Å². The number of rotatable bonds is 6. The molecule has 1 aromatic carbocycles. The first-order valence-electron chi connectivity index (χ1n) is 5.38. The fraction of sp³-hybridized carbons (Fsp3) is 0.333. The maximum atomic E-state index is 12.3. The van der Waals surface area contributed by atoms with Gasteiger partial charge in [0.2, 0.25) is 0 Å². The second-order valence-corrected chi connectivity index (χ2v) is 4.29. The Kier molecular flexibility index (Phi) is 5.41. The molecule has 5 nitrogen and oxygen atoms in total. The van der Waals surface area contributed by atoms with Crippen LogP contribution in [0.1, 0.15) is 29.5 Å². The summed E-state index contributed by atoms with van der Waals surface area (Å²) in [4.78, 5) is 22.1. The number of carboxylic acid groups (broad SMARTS) is 1. The normalized spacial score (nSPS) is 13.9. The van der Waals surface area contributed by atoms with Crippen LogP contribution in [0.25, 0.3) is 0 Å². The van der Waals surface area contributed by atoms with Gasteiger partial charge in [0.15, 0.2) is 11.9 Å². The molecule has 0 aromatic heterocycles. The number of alkyl halides is 3. The highest BCUT2D eigenvalue weighted by Gasteiger charge is 2.29. The number of aliphatic hydroxyl groups is 1. The lowest BCUT2D eigenvalue weighted by molar-refractivity contribution is -0.147. The summed E-state index contributed by atoms with van der Waals surface area (Å²) in [5, 5.41) is 16.9. The summed E-state index contributed by atoms with van der Waals surface area (Å²) in [6.45, 7) is -2.07. The van der Waals surface area contributed by atoms with Gasteiger partial charge < -0.3 is 14.9 Å². The van der Waals surface area contributed by atoms with E-state index in [1.165, 1.54) is 12.1 Å². The molecule has 2 N–H and O–H groups in total. The number of ketones is 1. The molecule has 8 heteroatoms. The molecule has 0 bridgehead atoms. The van der Waals surface area contributed by atoms with E-state index < -0.39 is 35.6 Å². The van der Waals surface area contributed by atoms with Crippen LogP contribution in [0.5, 0.6) is 5.75 Å². The van der Waals surface area contributed by atoms with Crippen LogP contribution in [0.3, 0.4) is 0 Å². The Labute approximate surface area is 117 Å². The summed E-state index contributed by atoms with van der Waals surface area (Å²) in [6.07, 6.45) is -2.01. The van der Waals surface area contributed by atoms with E-state index in [0.29, 0.717) is 0 Å². The van der Waals surface area contributed by atoms with Crippen LogP contribution >= 0.6 is 11.6 Å². The van der Waals surface area contributed by atoms with E-state index in [4.69, 9.17) is 16.7 Å². The average molecular weight is 309 g/mol. The van der Waals surface area contributed by atoms with Gasteiger partial charge in [0.25, 0.3) is 0 Å². The maximum Gasteiger partial charge on any atom is 0.387 e. The van der Waals surface area contributed by atoms with Gasteiger partial charge in [-0.25, -0.2) is 4.79 Å². The number of halogens is 3. The Morgan fingerprint density at radius 1 is 1.35 bits per heavy atom. The van der Waals surface area contributed by atoms with Gasteiger partial charge in [0, 0.05) is 11.1 Å². The number of aliphatic carboxylic acids is 1. The molecule has 0 amide bonds. The molecule has 0 saturated carbocycles. The lowest BCUT2D eigenvalue weighted by Gasteiger charge is -2.19. The molecule has 110 valence electrons. The molecular formula is C12H11ClF2O5. The number of carbonyl (C=O) groups excluding carboxylic acids is 1. The summed E-state index contributed by atoms with van der Waals surface area (Å²) in [5.41, 5.74) is -0.553. The molecule has 0 heterocycles. The highest BCUT2D eigenvalue weighted by Crippen LogP contribution is 2.37. The number of benzene rings is 1. The van der Waals surface area contributed by atoms with Crippen molar-refractivity contribution in [1.29, 1.82) is 0 Å². The van der Waals surface area contributed by atoms with Crippen molar-refractivity contribution in [2.24, 2.45) is 0 Å². The summed E-state index contributed by atoms with van der Waals surface area (Å²) >= 11 is 5.81. The largest absolute Gasteiger partial charge is 0.479 e. The molecule has 1 rings (SSSR count). The van der Waals surface area contributed by atoms with E-state index in [1.54, 1.807) is 0 Å². The second-order valence-electron chi connectivity index (χ2n) is 3.85. The van der Waals surface area contributed by atoms with Crippen molar-refractivity contribution in [3.8, 4) is 5.75 Å². The van der Waals surface area contributed by atoms with E-state index in [-0.39, 0.29) is 11.1 Å². The van der Waals surface area contributed by atoms with Crippen molar-refractivity contribution in [2.75, 3.05) is 0 Å². The molecule has 0 fully saturated rings. The van der Waals surface area contributed by atoms with E-state index in [0.717, 1.165) is 13.0 Å². The van der Waals surface area contributed by atoms with Crippen molar-refractivity contribution >= 4 is 23.4 Å². The Balaban J connectivity index is 3.43. The predicted molar refractivity (Wildman–Crippen MR) is 64.9 cm³/mol. The van der Waals surface area contributed by atoms with E-state index in [9.17, 15) is 23.5 Å². The standard InChI is InChI=1S/C12H11ClF2O5/c1-5(16)9(13)8-6(10(17)11(18)19)3-2-4-7(8)20-12(14)15/h2-4,9-10,12,17H,1H3,(H,18,19). The first kappa shape index (κ1) is 16.3. The summed E-state index contributed by atoms with van der Waals surface area (Å²) in [7, 11) is 0. The van der Waals surface area contributed by atoms with Crippen molar-refractivity contribution in [3.63, 3.8) is 0 Å². The van der Waals surface area contributed by atoms with Gasteiger partial charge in [-0.15, -0.1) is 11.6 Å². The van der Waals surface area contributed by atoms with Crippen LogP contribution in [0, 0.1) is 0 Å². The summed E-state index contributed by atoms with van der Waals surface area (Å²) < 4.78 is 28.9. The highest BCUT2D eigenvalue weighted by molar-refractivity contribution is 6.31. The first-order chi connectivity index (χ1) is 9.25. The quantitative estimate of drug-likeness (QED) is 0.788. The molecule has 20 heavy (non-hydrogen) atoms. The minimum Gasteiger partial charge on any atom is -0.479 e. The van der Waals surface area contributed by atoms with Gasteiger partial charge in [-0.3, -0.25) is 4.79 Å². The molecule has 0 radical (unpaired) electrons. The Morgan fingerprint density at radius 2 is 1.95 bits per heavy atom. The molecule has 0 aliphatic carbocycles. The zero-order chi connectivity index (χ0) is 15.4. The predicted octanol–water partition coefficient (Wildman–Crippen LogP) is 2.27. The monoisotopic (exact) mass is 308 g/mol. The van der Waals surface area contributed by atoms with Gasteiger partial charge in [0.1, 0.15) is 11.1 Å². The smallest absolute Gasteiger partial charge is 0.387 e. The van der Waals surface area contributed by atoms with Crippen LogP contribution in [0.2, 0.25) is 0 Å². The fourth-order valence-corrected chi connectivity index (χ4v) is 1.84. The molecule has 0 aliphatic rings. The minimum atomic E-state index is -3.18. The van der Waals surface area contributed by atoms with E-state index >= 15 is 0 Å². The number of Topliss-reactive ketones (excluding diaryl/α,β-unsaturated/α-hetero) is 1. The maximum absolute atomic E-state index is 12.3. The number of carboxylic acids is 1. The topological polar surface area (TPSA) is 83.8 Å². The number of hydrogen-bond donors (Lipinski definition) is 2. The number of ether oxygens (including phenoxy) is 1. The zero-order valence-corrected chi connectivity index (χ0v) is 11.0. The number of hydrogen-bond acceptors (Lipinski definition) is 4. The van der Waals surface area contributed by atoms with Crippen LogP contribution in [-0.2, 0) is 9.59 Å². The molecule has 1 aromatic rings. The Hall–Kier alpha value is -1.73. The van der Waals surface area contributed by atoms with Crippen LogP contribution in [0.4, 0.5) is 8.78 Å². The second kappa shape index (κ2) is 6.62. The fourth-order valence-electron chi connectivity index (χ4n) is 1.61. The van der Waals surface area contributed by atoms with Crippen molar-refractivity contribution in [3.05, 3.63) is 29.3 Å². The molecular weight excluding hydrogens is 298 g/mol. The first-order valence-corrected chi connectivity index (χ1v) is 5.82. The molecule has 0 spiro atoms. The van der Waals surface area contributed by atoms with Gasteiger partial charge in [0.05, 0.1) is 0 Å². The third kappa shape index (κ3) is 3.64. The molecule has 2 unspecified atom stereocenters. The molecule has 0 aliphatic heterocycles. The summed E-state index contributed by atoms with van der Waals surface area (Å²) in [5.74, 6) is -2.66. The zero-order valence-electron chi connectivity index (χ0n) is 10.2. The Bertz CT molecular complexity index is 521. The van der Waals surface area contributed by atoms with Crippen LogP contribution in [0.15, 0.2) is 18.2 Å². The summed E-state index contributed by atoms with van der Waals surface area (Å²) in [6, 6.07) is 3.50. The van der Waals surface area contributed by atoms with Gasteiger partial charge in [-0.05, 0) is 13.0 Å². The van der Waals surface area contributed by atoms with Crippen molar-refractivity contribution in [1.82, 2.24) is 0 Å². The van der Waals surface area contributed by atoms with Crippen molar-refractivity contribution in [2.45, 2.75) is 25.0 Å². The van der Waals surface area contributed by atoms with Crippen LogP contribution < -0.4 is 4.74 Å².